The van der Waals surface area contributed by atoms with Gasteiger partial charge >= 0.3 is 0 Å². The van der Waals surface area contributed by atoms with Gasteiger partial charge in [-0.1, -0.05) is 12.1 Å². The lowest BCUT2D eigenvalue weighted by molar-refractivity contribution is -0.138. The number of hydrogen-bond donors (Lipinski definition) is 2. The van der Waals surface area contributed by atoms with Crippen molar-refractivity contribution in [3.8, 4) is 0 Å². The molecule has 0 spiro atoms. The Hall–Kier alpha value is -2.10. The topological polar surface area (TPSA) is 58.2 Å². The van der Waals surface area contributed by atoms with Gasteiger partial charge in [-0.15, -0.1) is 6.58 Å². The molecule has 0 radical (unpaired) electrons. The van der Waals surface area contributed by atoms with Crippen molar-refractivity contribution in [2.45, 2.75) is 27.7 Å². The Kier molecular flexibility index (Phi) is 5.08. The normalized spacial score (nSPS) is 10.8. The smallest absolute Gasteiger partial charge is 0.239 e. The van der Waals surface area contributed by atoms with E-state index >= 15 is 0 Å². The van der Waals surface area contributed by atoms with Gasteiger partial charge in [-0.2, -0.15) is 0 Å². The summed E-state index contributed by atoms with van der Waals surface area (Å²) in [6, 6.07) is 5.78. The highest BCUT2D eigenvalue weighted by molar-refractivity contribution is 6.09. The van der Waals surface area contributed by atoms with Crippen LogP contribution in [0.5, 0.6) is 0 Å². The summed E-state index contributed by atoms with van der Waals surface area (Å²) < 4.78 is 0. The Morgan fingerprint density at radius 3 is 2.20 bits per heavy atom. The highest BCUT2D eigenvalue weighted by Gasteiger charge is 2.35. The van der Waals surface area contributed by atoms with Crippen molar-refractivity contribution in [2.24, 2.45) is 5.41 Å². The Morgan fingerprint density at radius 2 is 1.70 bits per heavy atom. The second kappa shape index (κ2) is 6.37. The van der Waals surface area contributed by atoms with E-state index in [9.17, 15) is 9.59 Å². The second-order valence-corrected chi connectivity index (χ2v) is 5.45. The van der Waals surface area contributed by atoms with Crippen LogP contribution in [0.4, 0.5) is 5.69 Å². The van der Waals surface area contributed by atoms with Crippen LogP contribution in [0, 0.1) is 19.3 Å². The van der Waals surface area contributed by atoms with Crippen LogP contribution in [0.1, 0.15) is 25.0 Å². The molecule has 0 bridgehead atoms. The minimum absolute atomic E-state index is 0.320. The Labute approximate surface area is 120 Å². The minimum Gasteiger partial charge on any atom is -0.352 e. The molecule has 4 heteroatoms. The molecule has 4 nitrogen and oxygen atoms in total. The lowest BCUT2D eigenvalue weighted by Gasteiger charge is -2.22. The van der Waals surface area contributed by atoms with E-state index < -0.39 is 5.41 Å². The lowest BCUT2D eigenvalue weighted by Crippen LogP contribution is -2.45. The molecule has 0 aromatic heterocycles. The van der Waals surface area contributed by atoms with E-state index in [0.29, 0.717) is 12.2 Å². The van der Waals surface area contributed by atoms with Gasteiger partial charge in [0.2, 0.25) is 11.8 Å². The fourth-order valence-electron chi connectivity index (χ4n) is 1.82. The minimum atomic E-state index is -1.14. The zero-order valence-corrected chi connectivity index (χ0v) is 12.5. The maximum absolute atomic E-state index is 12.3. The number of carbonyl (C=O) groups excluding carboxylic acids is 2. The summed E-state index contributed by atoms with van der Waals surface area (Å²) >= 11 is 0. The molecule has 20 heavy (non-hydrogen) atoms. The van der Waals surface area contributed by atoms with Gasteiger partial charge in [0.15, 0.2) is 0 Å². The molecule has 0 unspecified atom stereocenters. The number of carbonyl (C=O) groups is 2. The predicted octanol–water partition coefficient (Wildman–Crippen LogP) is 2.57. The largest absolute Gasteiger partial charge is 0.352 e. The number of nitrogens with one attached hydrogen (secondary N) is 2. The number of benzene rings is 1. The second-order valence-electron chi connectivity index (χ2n) is 5.45. The first-order valence-corrected chi connectivity index (χ1v) is 6.56. The number of rotatable bonds is 5. The molecular formula is C16H22N2O2. The highest BCUT2D eigenvalue weighted by atomic mass is 16.2. The van der Waals surface area contributed by atoms with Crippen molar-refractivity contribution in [1.29, 1.82) is 0 Å². The first kappa shape index (κ1) is 16.0. The summed E-state index contributed by atoms with van der Waals surface area (Å²) in [5.41, 5.74) is 1.70. The Morgan fingerprint density at radius 1 is 1.15 bits per heavy atom. The quantitative estimate of drug-likeness (QED) is 0.640. The molecular weight excluding hydrogens is 252 g/mol. The van der Waals surface area contributed by atoms with Crippen molar-refractivity contribution in [2.75, 3.05) is 11.9 Å². The number of amides is 2. The fraction of sp³-hybridized carbons (Fsp3) is 0.375. The van der Waals surface area contributed by atoms with Gasteiger partial charge in [0.1, 0.15) is 5.41 Å². The molecule has 108 valence electrons. The predicted molar refractivity (Wildman–Crippen MR) is 81.5 cm³/mol. The molecule has 1 aromatic carbocycles. The molecule has 0 aliphatic carbocycles. The average molecular weight is 274 g/mol. The zero-order chi connectivity index (χ0) is 15.3. The van der Waals surface area contributed by atoms with E-state index in [0.717, 1.165) is 11.1 Å². The monoisotopic (exact) mass is 274 g/mol. The van der Waals surface area contributed by atoms with Crippen LogP contribution >= 0.6 is 0 Å². The average Bonchev–Trinajstić information content (AvgIpc) is 2.34. The molecule has 1 rings (SSSR count). The lowest BCUT2D eigenvalue weighted by atomic mass is 9.91. The fourth-order valence-corrected chi connectivity index (χ4v) is 1.82. The van der Waals surface area contributed by atoms with E-state index in [2.05, 4.69) is 17.2 Å². The van der Waals surface area contributed by atoms with Crippen LogP contribution in [0.3, 0.4) is 0 Å². The van der Waals surface area contributed by atoms with E-state index in [1.165, 1.54) is 0 Å². The summed E-state index contributed by atoms with van der Waals surface area (Å²) in [6.07, 6.45) is 1.58. The van der Waals surface area contributed by atoms with Crippen molar-refractivity contribution in [1.82, 2.24) is 5.32 Å². The maximum Gasteiger partial charge on any atom is 0.239 e. The van der Waals surface area contributed by atoms with Crippen LogP contribution in [-0.4, -0.2) is 18.4 Å². The summed E-state index contributed by atoms with van der Waals surface area (Å²) in [5, 5.41) is 5.44. The van der Waals surface area contributed by atoms with E-state index in [1.54, 1.807) is 19.9 Å². The van der Waals surface area contributed by atoms with Crippen LogP contribution in [0.25, 0.3) is 0 Å². The van der Waals surface area contributed by atoms with Gasteiger partial charge < -0.3 is 10.6 Å². The summed E-state index contributed by atoms with van der Waals surface area (Å²) in [4.78, 5) is 24.2. The molecule has 0 fully saturated rings. The molecule has 0 aliphatic heterocycles. The number of anilines is 1. The third-order valence-electron chi connectivity index (χ3n) is 3.02. The number of aryl methyl sites for hydroxylation is 2. The third-order valence-corrected chi connectivity index (χ3v) is 3.02. The number of hydrogen-bond acceptors (Lipinski definition) is 2. The Bertz CT molecular complexity index is 513. The Balaban J connectivity index is 2.83. The van der Waals surface area contributed by atoms with Crippen LogP contribution < -0.4 is 10.6 Å². The molecule has 0 saturated carbocycles. The van der Waals surface area contributed by atoms with Gasteiger partial charge in [0.25, 0.3) is 0 Å². The van der Waals surface area contributed by atoms with Gasteiger partial charge in [-0.05, 0) is 51.0 Å². The molecule has 1 aromatic rings. The molecule has 0 atom stereocenters. The van der Waals surface area contributed by atoms with Crippen LogP contribution in [0.15, 0.2) is 30.9 Å². The first-order valence-electron chi connectivity index (χ1n) is 6.56. The molecule has 2 N–H and O–H groups in total. The van der Waals surface area contributed by atoms with E-state index in [-0.39, 0.29) is 11.8 Å². The van der Waals surface area contributed by atoms with Crippen molar-refractivity contribution >= 4 is 17.5 Å². The van der Waals surface area contributed by atoms with Gasteiger partial charge in [-0.25, -0.2) is 0 Å². The summed E-state index contributed by atoms with van der Waals surface area (Å²) in [5.74, 6) is -0.650. The van der Waals surface area contributed by atoms with E-state index in [4.69, 9.17) is 0 Å². The van der Waals surface area contributed by atoms with Gasteiger partial charge in [-0.3, -0.25) is 9.59 Å². The van der Waals surface area contributed by atoms with Gasteiger partial charge in [0, 0.05) is 12.2 Å². The zero-order valence-electron chi connectivity index (χ0n) is 12.5. The molecule has 0 saturated heterocycles. The van der Waals surface area contributed by atoms with Gasteiger partial charge in [0.05, 0.1) is 0 Å². The molecule has 0 aliphatic rings. The van der Waals surface area contributed by atoms with Crippen molar-refractivity contribution in [3.63, 3.8) is 0 Å². The highest BCUT2D eigenvalue weighted by Crippen LogP contribution is 2.20. The SMILES string of the molecule is C=CCNC(=O)C(C)(C)C(=O)Nc1cc(C)cc(C)c1. The first-order chi connectivity index (χ1) is 9.27. The van der Waals surface area contributed by atoms with Crippen molar-refractivity contribution < 1.29 is 9.59 Å². The molecule has 2 amide bonds. The van der Waals surface area contributed by atoms with Crippen LogP contribution in [0.2, 0.25) is 0 Å². The molecule has 0 heterocycles. The summed E-state index contributed by atoms with van der Waals surface area (Å²) in [7, 11) is 0. The third kappa shape index (κ3) is 3.95. The van der Waals surface area contributed by atoms with Crippen molar-refractivity contribution in [3.05, 3.63) is 42.0 Å². The standard InChI is InChI=1S/C16H22N2O2/c1-6-7-17-14(19)16(4,5)15(20)18-13-9-11(2)8-12(3)10-13/h6,8-10H,1,7H2,2-5H3,(H,17,19)(H,18,20). The van der Waals surface area contributed by atoms with Crippen LogP contribution in [-0.2, 0) is 9.59 Å². The maximum atomic E-state index is 12.3. The van der Waals surface area contributed by atoms with E-state index in [1.807, 2.05) is 32.0 Å². The summed E-state index contributed by atoms with van der Waals surface area (Å²) in [6.45, 7) is 11.0.